The molecule has 0 radical (unpaired) electrons. The lowest BCUT2D eigenvalue weighted by molar-refractivity contribution is -0.131. The van der Waals surface area contributed by atoms with E-state index in [1.54, 1.807) is 11.1 Å². The van der Waals surface area contributed by atoms with Crippen LogP contribution in [-0.4, -0.2) is 56.4 Å². The molecule has 2 saturated heterocycles. The molecule has 100 valence electrons. The van der Waals surface area contributed by atoms with Gasteiger partial charge in [-0.25, -0.2) is 9.48 Å². The number of nitrogens with zero attached hydrogens (tertiary/aromatic N) is 4. The number of carbonyl (C=O) groups excluding carboxylic acids is 3. The van der Waals surface area contributed by atoms with E-state index in [2.05, 4.69) is 20.9 Å². The lowest BCUT2D eigenvalue weighted by atomic mass is 10.00. The summed E-state index contributed by atoms with van der Waals surface area (Å²) >= 11 is 0. The minimum absolute atomic E-state index is 0.0750. The standard InChI is InChI=1S/C10H12N6O3/c17-7(5-16-4-2-11-14-16)15-3-1-10(6-15)8(18)12-9(19)13-10/h2,4H,1,3,5-6H2,(H2,12,13,18,19). The first-order valence-electron chi connectivity index (χ1n) is 5.85. The Morgan fingerprint density at radius 1 is 1.47 bits per heavy atom. The maximum Gasteiger partial charge on any atom is 0.322 e. The second-order valence-electron chi connectivity index (χ2n) is 4.66. The molecule has 2 aliphatic rings. The first-order valence-corrected chi connectivity index (χ1v) is 5.85. The molecule has 3 rings (SSSR count). The summed E-state index contributed by atoms with van der Waals surface area (Å²) in [6.45, 7) is 0.699. The fourth-order valence-corrected chi connectivity index (χ4v) is 2.39. The summed E-state index contributed by atoms with van der Waals surface area (Å²) in [5.41, 5.74) is -0.963. The van der Waals surface area contributed by atoms with Crippen LogP contribution in [-0.2, 0) is 16.1 Å². The van der Waals surface area contributed by atoms with Crippen molar-refractivity contribution < 1.29 is 14.4 Å². The number of likely N-dealkylation sites (tertiary alicyclic amines) is 1. The number of nitrogens with one attached hydrogen (secondary N) is 2. The fraction of sp³-hybridized carbons (Fsp3) is 0.500. The zero-order valence-corrected chi connectivity index (χ0v) is 10.00. The van der Waals surface area contributed by atoms with Crippen molar-refractivity contribution in [2.24, 2.45) is 0 Å². The Kier molecular flexibility index (Phi) is 2.47. The van der Waals surface area contributed by atoms with E-state index in [-0.39, 0.29) is 24.9 Å². The molecule has 0 bridgehead atoms. The van der Waals surface area contributed by atoms with Crippen molar-refractivity contribution in [3.63, 3.8) is 0 Å². The Labute approximate surface area is 107 Å². The smallest absolute Gasteiger partial charge is 0.322 e. The molecule has 2 N–H and O–H groups in total. The Hall–Kier alpha value is -2.45. The quantitative estimate of drug-likeness (QED) is 0.606. The number of urea groups is 1. The Morgan fingerprint density at radius 2 is 2.32 bits per heavy atom. The first kappa shape index (κ1) is 11.6. The molecule has 1 spiro atoms. The summed E-state index contributed by atoms with van der Waals surface area (Å²) < 4.78 is 1.42. The van der Waals surface area contributed by atoms with Crippen LogP contribution >= 0.6 is 0 Å². The highest BCUT2D eigenvalue weighted by Gasteiger charge is 2.51. The van der Waals surface area contributed by atoms with Crippen LogP contribution in [0, 0.1) is 0 Å². The predicted octanol–water partition coefficient (Wildman–Crippen LogP) is -1.91. The zero-order chi connectivity index (χ0) is 13.5. The first-order chi connectivity index (χ1) is 9.09. The summed E-state index contributed by atoms with van der Waals surface area (Å²) in [6, 6.07) is -0.504. The van der Waals surface area contributed by atoms with Gasteiger partial charge in [0.2, 0.25) is 5.91 Å². The van der Waals surface area contributed by atoms with Crippen LogP contribution in [0.4, 0.5) is 4.79 Å². The van der Waals surface area contributed by atoms with E-state index in [0.29, 0.717) is 13.0 Å². The van der Waals surface area contributed by atoms with Crippen molar-refractivity contribution in [2.45, 2.75) is 18.5 Å². The van der Waals surface area contributed by atoms with Crippen LogP contribution in [0.25, 0.3) is 0 Å². The number of hydrogen-bond donors (Lipinski definition) is 2. The topological polar surface area (TPSA) is 109 Å². The van der Waals surface area contributed by atoms with Crippen LogP contribution in [0.3, 0.4) is 0 Å². The minimum Gasteiger partial charge on any atom is -0.338 e. The SMILES string of the molecule is O=C1NC(=O)C2(CCN(C(=O)Cn3ccnn3)C2)N1. The molecule has 2 fully saturated rings. The molecule has 1 unspecified atom stereocenters. The van der Waals surface area contributed by atoms with Crippen LogP contribution in [0.15, 0.2) is 12.4 Å². The average molecular weight is 264 g/mol. The highest BCUT2D eigenvalue weighted by molar-refractivity contribution is 6.07. The van der Waals surface area contributed by atoms with E-state index < -0.39 is 11.6 Å². The summed E-state index contributed by atoms with van der Waals surface area (Å²) in [4.78, 5) is 36.5. The van der Waals surface area contributed by atoms with Gasteiger partial charge in [-0.2, -0.15) is 0 Å². The molecule has 0 aromatic carbocycles. The molecule has 4 amide bonds. The van der Waals surface area contributed by atoms with Gasteiger partial charge in [0.1, 0.15) is 12.1 Å². The van der Waals surface area contributed by atoms with Gasteiger partial charge < -0.3 is 10.2 Å². The number of amides is 4. The predicted molar refractivity (Wildman–Crippen MR) is 60.6 cm³/mol. The van der Waals surface area contributed by atoms with Crippen molar-refractivity contribution >= 4 is 17.8 Å². The molecule has 0 saturated carbocycles. The van der Waals surface area contributed by atoms with Gasteiger partial charge in [0.15, 0.2) is 0 Å². The van der Waals surface area contributed by atoms with Gasteiger partial charge in [-0.15, -0.1) is 5.10 Å². The molecule has 0 aliphatic carbocycles. The monoisotopic (exact) mass is 264 g/mol. The van der Waals surface area contributed by atoms with Gasteiger partial charge in [-0.1, -0.05) is 5.21 Å². The van der Waals surface area contributed by atoms with E-state index >= 15 is 0 Å². The van der Waals surface area contributed by atoms with Gasteiger partial charge in [-0.3, -0.25) is 14.9 Å². The lowest BCUT2D eigenvalue weighted by Gasteiger charge is -2.20. The molecule has 3 heterocycles. The zero-order valence-electron chi connectivity index (χ0n) is 10.00. The number of imide groups is 1. The van der Waals surface area contributed by atoms with Crippen molar-refractivity contribution in [3.8, 4) is 0 Å². The highest BCUT2D eigenvalue weighted by atomic mass is 16.2. The summed E-state index contributed by atoms with van der Waals surface area (Å²) in [7, 11) is 0. The van der Waals surface area contributed by atoms with Crippen LogP contribution in [0.5, 0.6) is 0 Å². The summed E-state index contributed by atoms with van der Waals surface area (Å²) in [5.74, 6) is -0.523. The molecular formula is C10H12N6O3. The average Bonchev–Trinajstić information content (AvgIpc) is 3.03. The second-order valence-corrected chi connectivity index (χ2v) is 4.66. The Balaban J connectivity index is 1.67. The van der Waals surface area contributed by atoms with Gasteiger partial charge >= 0.3 is 6.03 Å². The minimum atomic E-state index is -0.963. The Bertz CT molecular complexity index is 541. The van der Waals surface area contributed by atoms with E-state index in [4.69, 9.17) is 0 Å². The largest absolute Gasteiger partial charge is 0.338 e. The molecule has 1 aromatic heterocycles. The number of hydrogen-bond acceptors (Lipinski definition) is 5. The maximum atomic E-state index is 12.0. The molecule has 1 aromatic rings. The number of carbonyl (C=O) groups is 3. The molecule has 19 heavy (non-hydrogen) atoms. The van der Waals surface area contributed by atoms with E-state index in [1.165, 1.54) is 10.9 Å². The van der Waals surface area contributed by atoms with Crippen molar-refractivity contribution in [3.05, 3.63) is 12.4 Å². The molecular weight excluding hydrogens is 252 g/mol. The Morgan fingerprint density at radius 3 is 2.95 bits per heavy atom. The van der Waals surface area contributed by atoms with Crippen LogP contribution in [0.2, 0.25) is 0 Å². The van der Waals surface area contributed by atoms with Gasteiger partial charge in [0, 0.05) is 12.7 Å². The third-order valence-corrected chi connectivity index (χ3v) is 3.41. The number of aromatic nitrogens is 3. The van der Waals surface area contributed by atoms with Gasteiger partial charge in [-0.05, 0) is 6.42 Å². The van der Waals surface area contributed by atoms with Crippen LogP contribution in [0.1, 0.15) is 6.42 Å². The molecule has 9 nitrogen and oxygen atoms in total. The van der Waals surface area contributed by atoms with Gasteiger partial charge in [0.25, 0.3) is 5.91 Å². The maximum absolute atomic E-state index is 12.0. The van der Waals surface area contributed by atoms with E-state index in [0.717, 1.165) is 0 Å². The summed E-state index contributed by atoms with van der Waals surface area (Å²) in [5, 5.41) is 12.1. The van der Waals surface area contributed by atoms with Crippen molar-refractivity contribution in [1.82, 2.24) is 30.5 Å². The third-order valence-electron chi connectivity index (χ3n) is 3.41. The van der Waals surface area contributed by atoms with Gasteiger partial charge in [0.05, 0.1) is 12.7 Å². The van der Waals surface area contributed by atoms with E-state index in [1.807, 2.05) is 0 Å². The molecule has 9 heteroatoms. The molecule has 1 atom stereocenters. The fourth-order valence-electron chi connectivity index (χ4n) is 2.39. The highest BCUT2D eigenvalue weighted by Crippen LogP contribution is 2.24. The van der Waals surface area contributed by atoms with E-state index in [9.17, 15) is 14.4 Å². The third kappa shape index (κ3) is 1.92. The molecule has 2 aliphatic heterocycles. The van der Waals surface area contributed by atoms with Crippen LogP contribution < -0.4 is 10.6 Å². The summed E-state index contributed by atoms with van der Waals surface area (Å²) in [6.07, 6.45) is 3.50. The normalized spacial score (nSPS) is 25.8. The van der Waals surface area contributed by atoms with Crippen molar-refractivity contribution in [1.29, 1.82) is 0 Å². The van der Waals surface area contributed by atoms with Crippen molar-refractivity contribution in [2.75, 3.05) is 13.1 Å². The lowest BCUT2D eigenvalue weighted by Crippen LogP contribution is -2.49. The number of rotatable bonds is 2. The second kappa shape index (κ2) is 4.04.